The number of carbonyl (C=O) groups excluding carboxylic acids is 1. The Morgan fingerprint density at radius 2 is 1.37 bits per heavy atom. The number of aromatic hydroxyl groups is 2. The van der Waals surface area contributed by atoms with Crippen molar-refractivity contribution in [1.82, 2.24) is 0 Å². The number of phenols is 2. The first-order valence-corrected chi connectivity index (χ1v) is 13.1. The standard InChI is InChI=1S/C31H32O7/c32-23-11-7-21(8-12-23)19-27(22-9-13-24(14-10-22)37-29-5-1-3-17-35-29)31(34)26-16-15-25(20-28(26)33)38-30-6-2-4-18-36-30/h7-16,19-20,29-30,32-33H,1-6,17-18H2/b27-19+. The van der Waals surface area contributed by atoms with Crippen molar-refractivity contribution in [2.45, 2.75) is 51.1 Å². The summed E-state index contributed by atoms with van der Waals surface area (Å²) in [5.41, 5.74) is 1.94. The molecule has 5 rings (SSSR count). The van der Waals surface area contributed by atoms with Crippen LogP contribution in [0.5, 0.6) is 23.0 Å². The van der Waals surface area contributed by atoms with Gasteiger partial charge in [0.2, 0.25) is 0 Å². The Labute approximate surface area is 222 Å². The summed E-state index contributed by atoms with van der Waals surface area (Å²) in [6.07, 6.45) is 6.90. The molecule has 7 heteroatoms. The van der Waals surface area contributed by atoms with Crippen LogP contribution in [0.4, 0.5) is 0 Å². The Morgan fingerprint density at radius 1 is 0.763 bits per heavy atom. The lowest BCUT2D eigenvalue weighted by molar-refractivity contribution is -0.106. The van der Waals surface area contributed by atoms with Gasteiger partial charge in [0.15, 0.2) is 18.4 Å². The van der Waals surface area contributed by atoms with Gasteiger partial charge in [-0.3, -0.25) is 4.79 Å². The summed E-state index contributed by atoms with van der Waals surface area (Å²) in [5.74, 6) is 0.721. The maximum absolute atomic E-state index is 13.7. The lowest BCUT2D eigenvalue weighted by Crippen LogP contribution is -2.25. The zero-order chi connectivity index (χ0) is 26.3. The van der Waals surface area contributed by atoms with Crippen molar-refractivity contribution in [3.05, 3.63) is 83.4 Å². The summed E-state index contributed by atoms with van der Waals surface area (Å²) < 4.78 is 23.1. The van der Waals surface area contributed by atoms with Crippen LogP contribution in [-0.4, -0.2) is 41.8 Å². The maximum atomic E-state index is 13.7. The van der Waals surface area contributed by atoms with Crippen LogP contribution in [0.25, 0.3) is 11.6 Å². The molecule has 2 unspecified atom stereocenters. The molecule has 7 nitrogen and oxygen atoms in total. The second kappa shape index (κ2) is 12.2. The van der Waals surface area contributed by atoms with E-state index in [2.05, 4.69) is 0 Å². The fourth-order valence-corrected chi connectivity index (χ4v) is 4.56. The van der Waals surface area contributed by atoms with Crippen molar-refractivity contribution in [3.8, 4) is 23.0 Å². The number of phenolic OH excluding ortho intramolecular Hbond substituents is 2. The molecule has 0 radical (unpaired) electrons. The molecule has 0 aliphatic carbocycles. The van der Waals surface area contributed by atoms with Crippen molar-refractivity contribution >= 4 is 17.4 Å². The first kappa shape index (κ1) is 25.8. The molecule has 0 saturated carbocycles. The van der Waals surface area contributed by atoms with Crippen LogP contribution >= 0.6 is 0 Å². The first-order valence-electron chi connectivity index (χ1n) is 13.1. The molecule has 0 spiro atoms. The SMILES string of the molecule is O=C(/C(=C/c1ccc(O)cc1)c1ccc(OC2CCCCO2)cc1)c1ccc(OC2CCCCO2)cc1O. The minimum atomic E-state index is -0.352. The number of Topliss-reactive ketones (excluding diaryl/α,β-unsaturated/α-hetero) is 1. The lowest BCUT2D eigenvalue weighted by atomic mass is 9.94. The molecule has 3 aromatic carbocycles. The van der Waals surface area contributed by atoms with E-state index in [9.17, 15) is 15.0 Å². The summed E-state index contributed by atoms with van der Waals surface area (Å²) in [4.78, 5) is 13.7. The smallest absolute Gasteiger partial charge is 0.199 e. The topological polar surface area (TPSA) is 94.5 Å². The van der Waals surface area contributed by atoms with Crippen LogP contribution in [0.3, 0.4) is 0 Å². The average molecular weight is 517 g/mol. The summed E-state index contributed by atoms with van der Waals surface area (Å²) in [6, 6.07) is 18.5. The molecule has 0 aromatic heterocycles. The van der Waals surface area contributed by atoms with E-state index < -0.39 is 0 Å². The number of carbonyl (C=O) groups is 1. The van der Waals surface area contributed by atoms with Crippen LogP contribution in [0.1, 0.15) is 60.0 Å². The molecule has 2 saturated heterocycles. The Morgan fingerprint density at radius 3 is 1.95 bits per heavy atom. The molecule has 2 heterocycles. The van der Waals surface area contributed by atoms with Crippen LogP contribution in [0.15, 0.2) is 66.7 Å². The van der Waals surface area contributed by atoms with E-state index in [1.807, 2.05) is 24.3 Å². The summed E-state index contributed by atoms with van der Waals surface area (Å²) >= 11 is 0. The average Bonchev–Trinajstić information content (AvgIpc) is 2.94. The van der Waals surface area contributed by atoms with E-state index in [1.165, 1.54) is 6.07 Å². The highest BCUT2D eigenvalue weighted by Crippen LogP contribution is 2.32. The highest BCUT2D eigenvalue weighted by molar-refractivity contribution is 6.33. The predicted molar refractivity (Wildman–Crippen MR) is 143 cm³/mol. The van der Waals surface area contributed by atoms with Crippen molar-refractivity contribution in [2.24, 2.45) is 0 Å². The van der Waals surface area contributed by atoms with E-state index in [0.29, 0.717) is 35.8 Å². The summed E-state index contributed by atoms with van der Waals surface area (Å²) in [7, 11) is 0. The zero-order valence-electron chi connectivity index (χ0n) is 21.2. The predicted octanol–water partition coefficient (Wildman–Crippen LogP) is 6.33. The number of ether oxygens (including phenoxy) is 4. The lowest BCUT2D eigenvalue weighted by Gasteiger charge is -2.23. The second-order valence-electron chi connectivity index (χ2n) is 9.51. The van der Waals surface area contributed by atoms with E-state index in [1.54, 1.807) is 42.5 Å². The largest absolute Gasteiger partial charge is 0.508 e. The second-order valence-corrected chi connectivity index (χ2v) is 9.51. The van der Waals surface area contributed by atoms with Gasteiger partial charge in [0, 0.05) is 24.5 Å². The molecule has 2 fully saturated rings. The highest BCUT2D eigenvalue weighted by atomic mass is 16.7. The van der Waals surface area contributed by atoms with Gasteiger partial charge in [0.25, 0.3) is 0 Å². The van der Waals surface area contributed by atoms with E-state index in [-0.39, 0.29) is 35.4 Å². The van der Waals surface area contributed by atoms with Crippen molar-refractivity contribution < 1.29 is 34.0 Å². The van der Waals surface area contributed by atoms with Crippen molar-refractivity contribution in [3.63, 3.8) is 0 Å². The first-order chi connectivity index (χ1) is 18.5. The number of hydrogen-bond donors (Lipinski definition) is 2. The third-order valence-corrected chi connectivity index (χ3v) is 6.64. The van der Waals surface area contributed by atoms with Gasteiger partial charge >= 0.3 is 0 Å². The molecular formula is C31H32O7. The van der Waals surface area contributed by atoms with E-state index in [4.69, 9.17) is 18.9 Å². The van der Waals surface area contributed by atoms with Gasteiger partial charge in [-0.05, 0) is 79.3 Å². The number of hydrogen-bond acceptors (Lipinski definition) is 7. The van der Waals surface area contributed by atoms with E-state index >= 15 is 0 Å². The van der Waals surface area contributed by atoms with Gasteiger partial charge < -0.3 is 29.2 Å². The molecule has 38 heavy (non-hydrogen) atoms. The Balaban J connectivity index is 1.40. The third kappa shape index (κ3) is 6.54. The Kier molecular flexibility index (Phi) is 8.26. The molecule has 2 N–H and O–H groups in total. The molecule has 0 amide bonds. The van der Waals surface area contributed by atoms with Gasteiger partial charge in [0.05, 0.1) is 18.8 Å². The van der Waals surface area contributed by atoms with Crippen LogP contribution in [0.2, 0.25) is 0 Å². The molecular weight excluding hydrogens is 484 g/mol. The van der Waals surface area contributed by atoms with Gasteiger partial charge in [0.1, 0.15) is 23.0 Å². The van der Waals surface area contributed by atoms with Crippen molar-refractivity contribution in [1.29, 1.82) is 0 Å². The number of rotatable bonds is 8. The van der Waals surface area contributed by atoms with E-state index in [0.717, 1.165) is 44.1 Å². The molecule has 198 valence electrons. The van der Waals surface area contributed by atoms with Crippen LogP contribution in [0, 0.1) is 0 Å². The molecule has 2 aliphatic rings. The Hall–Kier alpha value is -3.81. The molecule has 3 aromatic rings. The fourth-order valence-electron chi connectivity index (χ4n) is 4.56. The molecule has 2 atom stereocenters. The van der Waals surface area contributed by atoms with Crippen molar-refractivity contribution in [2.75, 3.05) is 13.2 Å². The quantitative estimate of drug-likeness (QED) is 0.205. The Bertz CT molecular complexity index is 1250. The van der Waals surface area contributed by atoms with Gasteiger partial charge in [-0.1, -0.05) is 24.3 Å². The fraction of sp³-hybridized carbons (Fsp3) is 0.323. The highest BCUT2D eigenvalue weighted by Gasteiger charge is 2.21. The zero-order valence-corrected chi connectivity index (χ0v) is 21.2. The maximum Gasteiger partial charge on any atom is 0.199 e. The molecule has 0 bridgehead atoms. The summed E-state index contributed by atoms with van der Waals surface area (Å²) in [5, 5.41) is 20.5. The van der Waals surface area contributed by atoms with Crippen LogP contribution in [-0.2, 0) is 9.47 Å². The van der Waals surface area contributed by atoms with Crippen LogP contribution < -0.4 is 9.47 Å². The number of allylic oxidation sites excluding steroid dienone is 1. The summed E-state index contributed by atoms with van der Waals surface area (Å²) in [6.45, 7) is 1.34. The normalized spacial score (nSPS) is 20.1. The van der Waals surface area contributed by atoms with Gasteiger partial charge in [-0.2, -0.15) is 0 Å². The monoisotopic (exact) mass is 516 g/mol. The third-order valence-electron chi connectivity index (χ3n) is 6.64. The number of ketones is 1. The minimum absolute atomic E-state index is 0.136. The van der Waals surface area contributed by atoms with Gasteiger partial charge in [-0.15, -0.1) is 0 Å². The molecule has 2 aliphatic heterocycles. The number of benzene rings is 3. The van der Waals surface area contributed by atoms with Gasteiger partial charge in [-0.25, -0.2) is 0 Å². The minimum Gasteiger partial charge on any atom is -0.508 e.